The molecule has 0 saturated carbocycles. The third kappa shape index (κ3) is 6.05. The number of benzene rings is 2. The number of phenolic OH excluding ortho intramolecular Hbond substituents is 1. The van der Waals surface area contributed by atoms with E-state index in [0.717, 1.165) is 30.4 Å². The van der Waals surface area contributed by atoms with Crippen molar-refractivity contribution in [2.24, 2.45) is 0 Å². The van der Waals surface area contributed by atoms with Crippen molar-refractivity contribution in [2.45, 2.75) is 52.5 Å². The summed E-state index contributed by atoms with van der Waals surface area (Å²) in [5.74, 6) is 1.73. The molecule has 11 nitrogen and oxygen atoms in total. The van der Waals surface area contributed by atoms with Crippen molar-refractivity contribution in [2.75, 3.05) is 6.61 Å². The molecule has 0 aliphatic carbocycles. The van der Waals surface area contributed by atoms with Gasteiger partial charge < -0.3 is 9.84 Å². The van der Waals surface area contributed by atoms with E-state index in [-0.39, 0.29) is 11.5 Å². The van der Waals surface area contributed by atoms with Crippen LogP contribution in [0, 0.1) is 0 Å². The Bertz CT molecular complexity index is 1250. The number of phenols is 1. The average Bonchev–Trinajstić information content (AvgIpc) is 3.54. The second-order valence-corrected chi connectivity index (χ2v) is 8.22. The van der Waals surface area contributed by atoms with Crippen LogP contribution in [0.15, 0.2) is 36.4 Å². The SMILES string of the molecule is CCCc1c(OCCCCc2nnn(Cc3ccc(-c4nn[nH]n4)cc3)n2)ccc(C(C)=O)c1O. The number of nitrogens with zero attached hydrogens (tertiary/aromatic N) is 7. The molecule has 0 aliphatic rings. The predicted molar refractivity (Wildman–Crippen MR) is 127 cm³/mol. The molecule has 2 heterocycles. The van der Waals surface area contributed by atoms with E-state index in [2.05, 4.69) is 36.0 Å². The molecule has 2 N–H and O–H groups in total. The summed E-state index contributed by atoms with van der Waals surface area (Å²) in [6.07, 6.45) is 3.82. The molecule has 0 amide bonds. The quantitative estimate of drug-likeness (QED) is 0.233. The summed E-state index contributed by atoms with van der Waals surface area (Å²) in [6, 6.07) is 11.2. The number of tetrazole rings is 2. The molecule has 2 aromatic heterocycles. The minimum atomic E-state index is -0.159. The van der Waals surface area contributed by atoms with Crippen LogP contribution < -0.4 is 4.74 Å². The molecule has 11 heteroatoms. The van der Waals surface area contributed by atoms with Crippen molar-refractivity contribution >= 4 is 5.78 Å². The van der Waals surface area contributed by atoms with Gasteiger partial charge in [-0.2, -0.15) is 10.0 Å². The number of Topliss-reactive ketones (excluding diaryl/α,β-unsaturated/α-hetero) is 1. The van der Waals surface area contributed by atoms with Gasteiger partial charge in [0.2, 0.25) is 5.82 Å². The number of carbonyl (C=O) groups excluding carboxylic acids is 1. The highest BCUT2D eigenvalue weighted by molar-refractivity contribution is 5.97. The Balaban J connectivity index is 1.24. The normalized spacial score (nSPS) is 11.0. The number of aryl methyl sites for hydroxylation is 1. The molecule has 0 bridgehead atoms. The Morgan fingerprint density at radius 3 is 2.63 bits per heavy atom. The minimum absolute atomic E-state index is 0.0297. The minimum Gasteiger partial charge on any atom is -0.507 e. The monoisotopic (exact) mass is 476 g/mol. The Morgan fingerprint density at radius 1 is 1.09 bits per heavy atom. The molecular weight excluding hydrogens is 448 g/mol. The molecule has 0 aliphatic heterocycles. The van der Waals surface area contributed by atoms with E-state index < -0.39 is 0 Å². The summed E-state index contributed by atoms with van der Waals surface area (Å²) in [5, 5.41) is 37.1. The number of aromatic hydroxyl groups is 1. The highest BCUT2D eigenvalue weighted by Gasteiger charge is 2.16. The average molecular weight is 477 g/mol. The number of H-pyrrole nitrogens is 1. The number of nitrogens with one attached hydrogen (secondary N) is 1. The molecule has 35 heavy (non-hydrogen) atoms. The Kier molecular flexibility index (Phi) is 7.76. The number of hydrogen-bond acceptors (Lipinski definition) is 9. The van der Waals surface area contributed by atoms with Crippen LogP contribution in [0.1, 0.15) is 60.4 Å². The fraction of sp³-hybridized carbons (Fsp3) is 0.375. The van der Waals surface area contributed by atoms with Crippen LogP contribution >= 0.6 is 0 Å². The molecule has 4 aromatic rings. The van der Waals surface area contributed by atoms with Crippen LogP contribution in [0.4, 0.5) is 0 Å². The molecular formula is C24H28N8O3. The summed E-state index contributed by atoms with van der Waals surface area (Å²) >= 11 is 0. The van der Waals surface area contributed by atoms with Crippen LogP contribution in [-0.4, -0.2) is 58.3 Å². The van der Waals surface area contributed by atoms with Crippen molar-refractivity contribution < 1.29 is 14.6 Å². The lowest BCUT2D eigenvalue weighted by Gasteiger charge is -2.14. The summed E-state index contributed by atoms with van der Waals surface area (Å²) in [4.78, 5) is 13.3. The molecule has 0 spiro atoms. The zero-order valence-corrected chi connectivity index (χ0v) is 19.8. The first-order valence-corrected chi connectivity index (χ1v) is 11.6. The van der Waals surface area contributed by atoms with E-state index in [1.54, 1.807) is 16.9 Å². The summed E-state index contributed by atoms with van der Waals surface area (Å²) in [5.41, 5.74) is 2.94. The molecule has 0 radical (unpaired) electrons. The third-order valence-corrected chi connectivity index (χ3v) is 5.55. The molecule has 0 unspecified atom stereocenters. The lowest BCUT2D eigenvalue weighted by Crippen LogP contribution is -2.05. The van der Waals surface area contributed by atoms with Crippen molar-refractivity contribution in [3.63, 3.8) is 0 Å². The standard InChI is InChI=1S/C24H28N8O3/c1-3-6-20-21(13-12-19(16(2)33)23(20)34)35-14-5-4-7-22-25-31-32(28-22)15-17-8-10-18(11-9-17)24-26-29-30-27-24/h8-13,34H,3-7,14-15H2,1-2H3,(H,26,27,29,30). The first kappa shape index (κ1) is 24.0. The number of ketones is 1. The first-order valence-electron chi connectivity index (χ1n) is 11.6. The van der Waals surface area contributed by atoms with E-state index in [1.807, 2.05) is 31.2 Å². The van der Waals surface area contributed by atoms with Crippen molar-refractivity contribution in [1.29, 1.82) is 0 Å². The zero-order valence-electron chi connectivity index (χ0n) is 19.8. The first-order chi connectivity index (χ1) is 17.0. The molecule has 0 atom stereocenters. The van der Waals surface area contributed by atoms with Crippen LogP contribution in [0.5, 0.6) is 11.5 Å². The Hall–Kier alpha value is -4.15. The van der Waals surface area contributed by atoms with Crippen LogP contribution in [-0.2, 0) is 19.4 Å². The number of unbranched alkanes of at least 4 members (excludes halogenated alkanes) is 1. The maximum atomic E-state index is 11.7. The molecule has 4 rings (SSSR count). The Labute approximate surface area is 202 Å². The van der Waals surface area contributed by atoms with Gasteiger partial charge in [0.05, 0.1) is 18.7 Å². The third-order valence-electron chi connectivity index (χ3n) is 5.55. The van der Waals surface area contributed by atoms with Gasteiger partial charge in [-0.05, 0) is 54.3 Å². The lowest BCUT2D eigenvalue weighted by atomic mass is 10.0. The molecule has 2 aromatic carbocycles. The van der Waals surface area contributed by atoms with Gasteiger partial charge in [0.15, 0.2) is 11.6 Å². The van der Waals surface area contributed by atoms with Gasteiger partial charge in [-0.15, -0.1) is 20.4 Å². The lowest BCUT2D eigenvalue weighted by molar-refractivity contribution is 0.101. The fourth-order valence-corrected chi connectivity index (χ4v) is 3.75. The molecule has 0 saturated heterocycles. The summed E-state index contributed by atoms with van der Waals surface area (Å²) in [6.45, 7) is 4.48. The van der Waals surface area contributed by atoms with Crippen molar-refractivity contribution in [1.82, 2.24) is 40.8 Å². The number of rotatable bonds is 12. The number of ether oxygens (including phenoxy) is 1. The van der Waals surface area contributed by atoms with Crippen LogP contribution in [0.2, 0.25) is 0 Å². The maximum Gasteiger partial charge on any atom is 0.204 e. The highest BCUT2D eigenvalue weighted by atomic mass is 16.5. The Morgan fingerprint density at radius 2 is 1.91 bits per heavy atom. The largest absolute Gasteiger partial charge is 0.507 e. The van der Waals surface area contributed by atoms with Gasteiger partial charge in [-0.1, -0.05) is 37.6 Å². The van der Waals surface area contributed by atoms with Crippen LogP contribution in [0.25, 0.3) is 11.4 Å². The number of carbonyl (C=O) groups is 1. The summed E-state index contributed by atoms with van der Waals surface area (Å²) < 4.78 is 5.92. The van der Waals surface area contributed by atoms with E-state index in [1.165, 1.54) is 6.92 Å². The van der Waals surface area contributed by atoms with Gasteiger partial charge in [0, 0.05) is 17.5 Å². The van der Waals surface area contributed by atoms with Crippen molar-refractivity contribution in [3.8, 4) is 22.9 Å². The zero-order chi connectivity index (χ0) is 24.6. The van der Waals surface area contributed by atoms with E-state index in [0.29, 0.717) is 54.5 Å². The second kappa shape index (κ2) is 11.3. The summed E-state index contributed by atoms with van der Waals surface area (Å²) in [7, 11) is 0. The smallest absolute Gasteiger partial charge is 0.204 e. The van der Waals surface area contributed by atoms with E-state index in [4.69, 9.17) is 4.74 Å². The van der Waals surface area contributed by atoms with Gasteiger partial charge >= 0.3 is 0 Å². The van der Waals surface area contributed by atoms with Gasteiger partial charge in [-0.3, -0.25) is 4.79 Å². The van der Waals surface area contributed by atoms with Gasteiger partial charge in [0.1, 0.15) is 11.5 Å². The number of aromatic amines is 1. The van der Waals surface area contributed by atoms with Gasteiger partial charge in [-0.25, -0.2) is 0 Å². The molecule has 182 valence electrons. The van der Waals surface area contributed by atoms with E-state index in [9.17, 15) is 9.90 Å². The molecule has 0 fully saturated rings. The topological polar surface area (TPSA) is 145 Å². The second-order valence-electron chi connectivity index (χ2n) is 8.22. The highest BCUT2D eigenvalue weighted by Crippen LogP contribution is 2.33. The number of aromatic nitrogens is 8. The maximum absolute atomic E-state index is 11.7. The number of hydrogen-bond donors (Lipinski definition) is 2. The van der Waals surface area contributed by atoms with Gasteiger partial charge in [0.25, 0.3) is 0 Å². The fourth-order valence-electron chi connectivity index (χ4n) is 3.75. The van der Waals surface area contributed by atoms with Crippen molar-refractivity contribution in [3.05, 3.63) is 58.9 Å². The van der Waals surface area contributed by atoms with Crippen LogP contribution in [0.3, 0.4) is 0 Å². The van der Waals surface area contributed by atoms with E-state index >= 15 is 0 Å². The predicted octanol–water partition coefficient (Wildman–Crippen LogP) is 3.16.